The van der Waals surface area contributed by atoms with Gasteiger partial charge in [-0.2, -0.15) is 5.10 Å². The van der Waals surface area contributed by atoms with E-state index in [1.165, 1.54) is 17.0 Å². The number of rotatable bonds is 7. The summed E-state index contributed by atoms with van der Waals surface area (Å²) >= 11 is 13.7. The van der Waals surface area contributed by atoms with Crippen molar-refractivity contribution in [2.75, 3.05) is 23.4 Å². The molecule has 7 heteroatoms. The standard InChI is InChI=1S/C20H20Cl2N4S/c1-3-26(4-2)16-8-5-14(6-9-16)12-23-25-20-24-19(13-27-20)17-10-7-15(21)11-18(17)22/h5-13H,3-4H2,1-2H3,(H,24,25)/b23-12+. The molecule has 0 bridgehead atoms. The zero-order valence-corrected chi connectivity index (χ0v) is 17.4. The Bertz CT molecular complexity index is 918. The van der Waals surface area contributed by atoms with E-state index in [2.05, 4.69) is 58.5 Å². The first-order valence-electron chi connectivity index (χ1n) is 8.65. The Balaban J connectivity index is 1.64. The quantitative estimate of drug-likeness (QED) is 0.355. The van der Waals surface area contributed by atoms with E-state index in [1.54, 1.807) is 18.3 Å². The van der Waals surface area contributed by atoms with Gasteiger partial charge in [0, 0.05) is 34.7 Å². The minimum absolute atomic E-state index is 0.580. The summed E-state index contributed by atoms with van der Waals surface area (Å²) in [5.74, 6) is 0. The summed E-state index contributed by atoms with van der Waals surface area (Å²) in [4.78, 5) is 6.82. The number of hydrogen-bond donors (Lipinski definition) is 1. The molecule has 27 heavy (non-hydrogen) atoms. The lowest BCUT2D eigenvalue weighted by Gasteiger charge is -2.20. The average Bonchev–Trinajstić information content (AvgIpc) is 3.12. The second kappa shape index (κ2) is 9.22. The summed E-state index contributed by atoms with van der Waals surface area (Å²) in [6.07, 6.45) is 1.78. The molecule has 0 fully saturated rings. The minimum atomic E-state index is 0.580. The van der Waals surface area contributed by atoms with Gasteiger partial charge in [-0.3, -0.25) is 5.43 Å². The number of hydrogen-bond acceptors (Lipinski definition) is 5. The molecule has 0 saturated carbocycles. The van der Waals surface area contributed by atoms with Crippen molar-refractivity contribution in [2.24, 2.45) is 5.10 Å². The van der Waals surface area contributed by atoms with E-state index in [-0.39, 0.29) is 0 Å². The maximum absolute atomic E-state index is 6.24. The van der Waals surface area contributed by atoms with Crippen molar-refractivity contribution in [3.8, 4) is 11.3 Å². The van der Waals surface area contributed by atoms with Crippen molar-refractivity contribution in [1.82, 2.24) is 4.98 Å². The monoisotopic (exact) mass is 418 g/mol. The van der Waals surface area contributed by atoms with Crippen LogP contribution in [-0.2, 0) is 0 Å². The fourth-order valence-electron chi connectivity index (χ4n) is 2.67. The Morgan fingerprint density at radius 2 is 1.85 bits per heavy atom. The topological polar surface area (TPSA) is 40.5 Å². The fourth-order valence-corrected chi connectivity index (χ4v) is 3.83. The van der Waals surface area contributed by atoms with Gasteiger partial charge >= 0.3 is 0 Å². The zero-order chi connectivity index (χ0) is 19.2. The molecule has 0 amide bonds. The molecule has 0 radical (unpaired) electrons. The molecule has 1 N–H and O–H groups in total. The molecule has 3 rings (SSSR count). The van der Waals surface area contributed by atoms with E-state index in [0.29, 0.717) is 15.2 Å². The highest BCUT2D eigenvalue weighted by molar-refractivity contribution is 7.14. The van der Waals surface area contributed by atoms with Gasteiger partial charge < -0.3 is 4.90 Å². The summed E-state index contributed by atoms with van der Waals surface area (Å²) < 4.78 is 0. The average molecular weight is 419 g/mol. The van der Waals surface area contributed by atoms with Gasteiger partial charge in [0.1, 0.15) is 0 Å². The van der Waals surface area contributed by atoms with E-state index < -0.39 is 0 Å². The van der Waals surface area contributed by atoms with E-state index in [4.69, 9.17) is 23.2 Å². The summed E-state index contributed by atoms with van der Waals surface area (Å²) in [6, 6.07) is 13.7. The second-order valence-electron chi connectivity index (χ2n) is 5.80. The van der Waals surface area contributed by atoms with E-state index >= 15 is 0 Å². The van der Waals surface area contributed by atoms with Crippen LogP contribution >= 0.6 is 34.5 Å². The number of hydrazone groups is 1. The molecule has 3 aromatic rings. The molecule has 0 unspecified atom stereocenters. The van der Waals surface area contributed by atoms with Crippen LogP contribution in [0.1, 0.15) is 19.4 Å². The number of halogens is 2. The van der Waals surface area contributed by atoms with Crippen LogP contribution in [0.4, 0.5) is 10.8 Å². The zero-order valence-electron chi connectivity index (χ0n) is 15.1. The van der Waals surface area contributed by atoms with E-state index in [9.17, 15) is 0 Å². The number of nitrogens with zero attached hydrogens (tertiary/aromatic N) is 3. The van der Waals surface area contributed by atoms with E-state index in [0.717, 1.165) is 29.9 Å². The first-order valence-corrected chi connectivity index (χ1v) is 10.3. The number of thiazole rings is 1. The van der Waals surface area contributed by atoms with Gasteiger partial charge in [-0.1, -0.05) is 35.3 Å². The minimum Gasteiger partial charge on any atom is -0.372 e. The van der Waals surface area contributed by atoms with Crippen LogP contribution in [0.25, 0.3) is 11.3 Å². The highest BCUT2D eigenvalue weighted by Gasteiger charge is 2.08. The van der Waals surface area contributed by atoms with Crippen molar-refractivity contribution in [2.45, 2.75) is 13.8 Å². The summed E-state index contributed by atoms with van der Waals surface area (Å²) in [5.41, 5.74) is 6.86. The Labute approximate surface area is 173 Å². The maximum Gasteiger partial charge on any atom is 0.203 e. The molecular weight excluding hydrogens is 399 g/mol. The van der Waals surface area contributed by atoms with Gasteiger partial charge in [0.15, 0.2) is 0 Å². The van der Waals surface area contributed by atoms with Crippen LogP contribution in [0.3, 0.4) is 0 Å². The lowest BCUT2D eigenvalue weighted by Crippen LogP contribution is -2.21. The third-order valence-corrected chi connectivity index (χ3v) is 5.40. The van der Waals surface area contributed by atoms with Gasteiger partial charge in [0.05, 0.1) is 16.9 Å². The third-order valence-electron chi connectivity index (χ3n) is 4.11. The molecule has 1 heterocycles. The van der Waals surface area contributed by atoms with Gasteiger partial charge in [0.25, 0.3) is 0 Å². The molecule has 0 saturated heterocycles. The molecule has 0 atom stereocenters. The Morgan fingerprint density at radius 3 is 2.52 bits per heavy atom. The van der Waals surface area contributed by atoms with Gasteiger partial charge in [0.2, 0.25) is 5.13 Å². The Kier molecular flexibility index (Phi) is 6.72. The van der Waals surface area contributed by atoms with Crippen LogP contribution in [0.15, 0.2) is 52.9 Å². The van der Waals surface area contributed by atoms with Crippen molar-refractivity contribution < 1.29 is 0 Å². The first-order chi connectivity index (χ1) is 13.1. The predicted molar refractivity (Wildman–Crippen MR) is 119 cm³/mol. The largest absolute Gasteiger partial charge is 0.372 e. The number of anilines is 2. The lowest BCUT2D eigenvalue weighted by atomic mass is 10.2. The Hall–Kier alpha value is -2.08. The van der Waals surface area contributed by atoms with Crippen molar-refractivity contribution in [3.63, 3.8) is 0 Å². The summed E-state index contributed by atoms with van der Waals surface area (Å²) in [6.45, 7) is 6.30. The summed E-state index contributed by atoms with van der Waals surface area (Å²) in [7, 11) is 0. The van der Waals surface area contributed by atoms with Crippen LogP contribution in [0, 0.1) is 0 Å². The fraction of sp³-hybridized carbons (Fsp3) is 0.200. The molecular formula is C20H20Cl2N4S. The van der Waals surface area contributed by atoms with Crippen molar-refractivity contribution in [3.05, 3.63) is 63.5 Å². The molecule has 4 nitrogen and oxygen atoms in total. The van der Waals surface area contributed by atoms with Gasteiger partial charge in [-0.15, -0.1) is 11.3 Å². The number of aromatic nitrogens is 1. The maximum atomic E-state index is 6.24. The number of benzene rings is 2. The van der Waals surface area contributed by atoms with E-state index in [1.807, 2.05) is 11.4 Å². The third kappa shape index (κ3) is 5.01. The molecule has 140 valence electrons. The van der Waals surface area contributed by atoms with Crippen LogP contribution < -0.4 is 10.3 Å². The van der Waals surface area contributed by atoms with Crippen LogP contribution in [-0.4, -0.2) is 24.3 Å². The normalized spacial score (nSPS) is 11.1. The number of nitrogens with one attached hydrogen (secondary N) is 1. The SMILES string of the molecule is CCN(CC)c1ccc(/C=N/Nc2nc(-c3ccc(Cl)cc3Cl)cs2)cc1. The highest BCUT2D eigenvalue weighted by atomic mass is 35.5. The second-order valence-corrected chi connectivity index (χ2v) is 7.50. The molecule has 1 aromatic heterocycles. The van der Waals surface area contributed by atoms with Crippen molar-refractivity contribution >= 4 is 51.6 Å². The van der Waals surface area contributed by atoms with Crippen LogP contribution in [0.5, 0.6) is 0 Å². The molecule has 0 aliphatic carbocycles. The lowest BCUT2D eigenvalue weighted by molar-refractivity contribution is 0.866. The molecule has 0 aliphatic rings. The smallest absolute Gasteiger partial charge is 0.203 e. The highest BCUT2D eigenvalue weighted by Crippen LogP contribution is 2.32. The van der Waals surface area contributed by atoms with Gasteiger partial charge in [-0.25, -0.2) is 4.98 Å². The van der Waals surface area contributed by atoms with Crippen LogP contribution in [0.2, 0.25) is 10.0 Å². The van der Waals surface area contributed by atoms with Gasteiger partial charge in [-0.05, 0) is 49.7 Å². The molecule has 2 aromatic carbocycles. The van der Waals surface area contributed by atoms with Crippen molar-refractivity contribution in [1.29, 1.82) is 0 Å². The summed E-state index contributed by atoms with van der Waals surface area (Å²) in [5, 5.41) is 8.10. The molecule has 0 aliphatic heterocycles. The molecule has 0 spiro atoms. The predicted octanol–water partition coefficient (Wildman–Crippen LogP) is 6.41. The first kappa shape index (κ1) is 19.7. The Morgan fingerprint density at radius 1 is 1.11 bits per heavy atom.